The van der Waals surface area contributed by atoms with Crippen molar-refractivity contribution >= 4 is 29.1 Å². The van der Waals surface area contributed by atoms with Gasteiger partial charge in [0.2, 0.25) is 0 Å². The Balaban J connectivity index is 2.01. The van der Waals surface area contributed by atoms with Gasteiger partial charge in [0, 0.05) is 16.9 Å². The second kappa shape index (κ2) is 6.23. The molecule has 0 fully saturated rings. The summed E-state index contributed by atoms with van der Waals surface area (Å²) in [6.07, 6.45) is -3.81. The number of pyridine rings is 1. The van der Waals surface area contributed by atoms with Crippen LogP contribution >= 0.6 is 11.6 Å². The van der Waals surface area contributed by atoms with Gasteiger partial charge in [0.25, 0.3) is 0 Å². The normalized spacial score (nSPS) is 11.1. The van der Waals surface area contributed by atoms with Crippen molar-refractivity contribution in [1.82, 2.24) is 4.98 Å². The maximum Gasteiger partial charge on any atom is 0.417 e. The average Bonchev–Trinajstić information content (AvgIpc) is 2.42. The van der Waals surface area contributed by atoms with E-state index in [1.54, 1.807) is 18.2 Å². The lowest BCUT2D eigenvalue weighted by molar-refractivity contribution is -0.137. The van der Waals surface area contributed by atoms with E-state index in [1.165, 1.54) is 0 Å². The molecule has 1 aromatic carbocycles. The van der Waals surface area contributed by atoms with Gasteiger partial charge in [-0.05, 0) is 36.8 Å². The number of nitrogens with one attached hydrogen (secondary N) is 2. The minimum Gasteiger partial charge on any atom is -0.308 e. The highest BCUT2D eigenvalue weighted by Gasteiger charge is 2.30. The molecular weight excluding hydrogens is 319 g/mol. The van der Waals surface area contributed by atoms with Crippen LogP contribution in [0.4, 0.5) is 29.5 Å². The molecule has 0 spiro atoms. The van der Waals surface area contributed by atoms with Crippen LogP contribution in [0.1, 0.15) is 11.1 Å². The lowest BCUT2D eigenvalue weighted by Gasteiger charge is -2.09. The first-order valence-electron chi connectivity index (χ1n) is 6.13. The predicted octanol–water partition coefficient (Wildman–Crippen LogP) is 4.71. The van der Waals surface area contributed by atoms with E-state index in [0.29, 0.717) is 16.9 Å². The molecular formula is C14H11ClF3N3O. The van der Waals surface area contributed by atoms with E-state index in [0.717, 1.165) is 17.7 Å². The number of nitrogens with zero attached hydrogens (tertiary/aromatic N) is 1. The Hall–Kier alpha value is -2.28. The fourth-order valence-electron chi connectivity index (χ4n) is 1.58. The first-order valence-corrected chi connectivity index (χ1v) is 6.51. The molecule has 0 aliphatic heterocycles. The zero-order chi connectivity index (χ0) is 16.3. The maximum absolute atomic E-state index is 12.4. The van der Waals surface area contributed by atoms with Gasteiger partial charge in [-0.3, -0.25) is 5.32 Å². The molecule has 0 aliphatic carbocycles. The van der Waals surface area contributed by atoms with Crippen LogP contribution in [-0.2, 0) is 6.18 Å². The summed E-state index contributed by atoms with van der Waals surface area (Å²) in [6, 6.07) is 6.23. The van der Waals surface area contributed by atoms with E-state index < -0.39 is 17.8 Å². The summed E-state index contributed by atoms with van der Waals surface area (Å²) < 4.78 is 37.2. The third-order valence-electron chi connectivity index (χ3n) is 2.76. The van der Waals surface area contributed by atoms with Crippen molar-refractivity contribution < 1.29 is 18.0 Å². The number of benzene rings is 1. The third kappa shape index (κ3) is 4.11. The van der Waals surface area contributed by atoms with Crippen LogP contribution in [-0.4, -0.2) is 11.0 Å². The molecule has 0 bridgehead atoms. The summed E-state index contributed by atoms with van der Waals surface area (Å²) in [5, 5.41) is 5.33. The van der Waals surface area contributed by atoms with E-state index in [1.807, 2.05) is 6.92 Å². The summed E-state index contributed by atoms with van der Waals surface area (Å²) in [5.41, 5.74) is 0.431. The second-order valence-electron chi connectivity index (χ2n) is 4.47. The number of urea groups is 1. The quantitative estimate of drug-likeness (QED) is 0.838. The molecule has 4 nitrogen and oxygen atoms in total. The highest BCUT2D eigenvalue weighted by molar-refractivity contribution is 6.31. The van der Waals surface area contributed by atoms with Crippen molar-refractivity contribution in [2.45, 2.75) is 13.1 Å². The molecule has 2 rings (SSSR count). The summed E-state index contributed by atoms with van der Waals surface area (Å²) >= 11 is 5.93. The molecule has 1 aromatic heterocycles. The molecule has 2 aromatic rings. The van der Waals surface area contributed by atoms with Gasteiger partial charge in [-0.2, -0.15) is 13.2 Å². The van der Waals surface area contributed by atoms with Gasteiger partial charge in [-0.15, -0.1) is 0 Å². The highest BCUT2D eigenvalue weighted by Crippen LogP contribution is 2.28. The van der Waals surface area contributed by atoms with Crippen LogP contribution in [0, 0.1) is 6.92 Å². The lowest BCUT2D eigenvalue weighted by Crippen LogP contribution is -2.20. The van der Waals surface area contributed by atoms with Crippen LogP contribution < -0.4 is 10.6 Å². The molecule has 0 saturated heterocycles. The van der Waals surface area contributed by atoms with Gasteiger partial charge in [0.1, 0.15) is 5.82 Å². The van der Waals surface area contributed by atoms with E-state index in [9.17, 15) is 18.0 Å². The van der Waals surface area contributed by atoms with Crippen LogP contribution in [0.15, 0.2) is 36.5 Å². The standard InChI is InChI=1S/C14H11ClF3N3O/c1-8-2-4-10(6-11(8)15)20-13(22)21-12-5-3-9(7-19-12)14(16,17)18/h2-7H,1H3,(H2,19,20,21,22). The minimum absolute atomic E-state index is 0.00343. The van der Waals surface area contributed by atoms with Gasteiger partial charge in [-0.25, -0.2) is 9.78 Å². The van der Waals surface area contributed by atoms with Gasteiger partial charge in [0.05, 0.1) is 5.56 Å². The first-order chi connectivity index (χ1) is 10.3. The van der Waals surface area contributed by atoms with Crippen molar-refractivity contribution in [3.8, 4) is 0 Å². The number of aromatic nitrogens is 1. The Labute approximate surface area is 129 Å². The summed E-state index contributed by atoms with van der Waals surface area (Å²) in [6.45, 7) is 1.82. The Morgan fingerprint density at radius 3 is 2.45 bits per heavy atom. The maximum atomic E-state index is 12.4. The number of amides is 2. The zero-order valence-corrected chi connectivity index (χ0v) is 12.1. The number of rotatable bonds is 2. The number of aryl methyl sites for hydroxylation is 1. The number of halogens is 4. The number of anilines is 2. The third-order valence-corrected chi connectivity index (χ3v) is 3.17. The molecule has 2 N–H and O–H groups in total. The predicted molar refractivity (Wildman–Crippen MR) is 78.1 cm³/mol. The largest absolute Gasteiger partial charge is 0.417 e. The number of carbonyl (C=O) groups excluding carboxylic acids is 1. The Morgan fingerprint density at radius 2 is 1.91 bits per heavy atom. The molecule has 2 amide bonds. The first kappa shape index (κ1) is 16.1. The Kier molecular flexibility index (Phi) is 4.56. The van der Waals surface area contributed by atoms with E-state index >= 15 is 0 Å². The summed E-state index contributed by atoms with van der Waals surface area (Å²) in [4.78, 5) is 15.3. The Morgan fingerprint density at radius 1 is 1.18 bits per heavy atom. The van der Waals surface area contributed by atoms with E-state index in [2.05, 4.69) is 15.6 Å². The number of hydrogen-bond acceptors (Lipinski definition) is 2. The van der Waals surface area contributed by atoms with Crippen LogP contribution in [0.3, 0.4) is 0 Å². The highest BCUT2D eigenvalue weighted by atomic mass is 35.5. The van der Waals surface area contributed by atoms with Crippen LogP contribution in [0.5, 0.6) is 0 Å². The summed E-state index contributed by atoms with van der Waals surface area (Å²) in [7, 11) is 0. The molecule has 0 saturated carbocycles. The van der Waals surface area contributed by atoms with Crippen molar-refractivity contribution in [3.63, 3.8) is 0 Å². The van der Waals surface area contributed by atoms with Crippen molar-refractivity contribution in [1.29, 1.82) is 0 Å². The van der Waals surface area contributed by atoms with Crippen LogP contribution in [0.25, 0.3) is 0 Å². The molecule has 8 heteroatoms. The molecule has 0 atom stereocenters. The van der Waals surface area contributed by atoms with Gasteiger partial charge >= 0.3 is 12.2 Å². The number of alkyl halides is 3. The van der Waals surface area contributed by atoms with Gasteiger partial charge in [-0.1, -0.05) is 17.7 Å². The topological polar surface area (TPSA) is 54.0 Å². The SMILES string of the molecule is Cc1ccc(NC(=O)Nc2ccc(C(F)(F)F)cn2)cc1Cl. The Bertz CT molecular complexity index is 687. The fourth-order valence-corrected chi connectivity index (χ4v) is 1.77. The monoisotopic (exact) mass is 329 g/mol. The molecule has 22 heavy (non-hydrogen) atoms. The smallest absolute Gasteiger partial charge is 0.308 e. The molecule has 0 aliphatic rings. The molecule has 116 valence electrons. The number of hydrogen-bond donors (Lipinski definition) is 2. The fraction of sp³-hybridized carbons (Fsp3) is 0.143. The zero-order valence-electron chi connectivity index (χ0n) is 11.3. The average molecular weight is 330 g/mol. The van der Waals surface area contributed by atoms with Gasteiger partial charge < -0.3 is 5.32 Å². The number of carbonyl (C=O) groups is 1. The van der Waals surface area contributed by atoms with Crippen molar-refractivity contribution in [2.75, 3.05) is 10.6 Å². The van der Waals surface area contributed by atoms with Crippen molar-refractivity contribution in [2.24, 2.45) is 0 Å². The summed E-state index contributed by atoms with van der Waals surface area (Å²) in [5.74, 6) is 0.00343. The second-order valence-corrected chi connectivity index (χ2v) is 4.88. The molecule has 1 heterocycles. The van der Waals surface area contributed by atoms with E-state index in [4.69, 9.17) is 11.6 Å². The molecule has 0 unspecified atom stereocenters. The lowest BCUT2D eigenvalue weighted by atomic mass is 10.2. The van der Waals surface area contributed by atoms with E-state index in [-0.39, 0.29) is 5.82 Å². The van der Waals surface area contributed by atoms with Crippen molar-refractivity contribution in [3.05, 3.63) is 52.7 Å². The van der Waals surface area contributed by atoms with Crippen LogP contribution in [0.2, 0.25) is 5.02 Å². The molecule has 0 radical (unpaired) electrons. The van der Waals surface area contributed by atoms with Gasteiger partial charge in [0.15, 0.2) is 0 Å². The minimum atomic E-state index is -4.47.